The Hall–Kier alpha value is -3.05. The maximum absolute atomic E-state index is 5.63. The molecule has 0 saturated heterocycles. The molecule has 0 bridgehead atoms. The quantitative estimate of drug-likeness (QED) is 0.615. The standard InChI is InChI=1S/C23H21N2/c1-2-19-13-14-22-23(15-19)25(17-21-11-7-4-8-12-21)18-24(22)16-20-9-5-3-6-10-20/h1,3-15,18,22-23H,16-17H2/q+1. The molecule has 25 heavy (non-hydrogen) atoms. The first-order chi connectivity index (χ1) is 12.3. The normalized spacial score (nSPS) is 21.3. The molecule has 0 aromatic heterocycles. The van der Waals surface area contributed by atoms with Crippen LogP contribution in [0.3, 0.4) is 0 Å². The average Bonchev–Trinajstić information content (AvgIpc) is 3.00. The Morgan fingerprint density at radius 1 is 0.960 bits per heavy atom. The maximum Gasteiger partial charge on any atom is 0.235 e. The minimum absolute atomic E-state index is 0.278. The summed E-state index contributed by atoms with van der Waals surface area (Å²) in [6, 6.07) is 21.8. The largest absolute Gasteiger partial charge is 0.253 e. The molecule has 2 aromatic carbocycles. The van der Waals surface area contributed by atoms with E-state index >= 15 is 0 Å². The van der Waals surface area contributed by atoms with Crippen molar-refractivity contribution in [1.29, 1.82) is 0 Å². The van der Waals surface area contributed by atoms with Crippen LogP contribution in [0.25, 0.3) is 0 Å². The Labute approximate surface area is 149 Å². The molecule has 0 spiro atoms. The first-order valence-corrected chi connectivity index (χ1v) is 8.64. The molecule has 4 rings (SSSR count). The molecule has 122 valence electrons. The summed E-state index contributed by atoms with van der Waals surface area (Å²) in [5.41, 5.74) is 3.60. The van der Waals surface area contributed by atoms with Crippen molar-refractivity contribution in [2.75, 3.05) is 0 Å². The highest BCUT2D eigenvalue weighted by Gasteiger charge is 2.40. The highest BCUT2D eigenvalue weighted by atomic mass is 15.3. The molecule has 1 aliphatic heterocycles. The van der Waals surface area contributed by atoms with Crippen molar-refractivity contribution in [1.82, 2.24) is 4.90 Å². The molecule has 2 aromatic rings. The second kappa shape index (κ2) is 6.83. The molecule has 0 amide bonds. The van der Waals surface area contributed by atoms with Crippen molar-refractivity contribution >= 4 is 6.34 Å². The summed E-state index contributed by atoms with van der Waals surface area (Å²) in [7, 11) is 0. The summed E-state index contributed by atoms with van der Waals surface area (Å²) >= 11 is 0. The molecular formula is C23H21N2+. The van der Waals surface area contributed by atoms with Crippen LogP contribution in [0.4, 0.5) is 0 Å². The van der Waals surface area contributed by atoms with Gasteiger partial charge in [-0.2, -0.15) is 0 Å². The third-order valence-corrected chi connectivity index (χ3v) is 4.82. The number of benzene rings is 2. The van der Waals surface area contributed by atoms with Gasteiger partial charge in [-0.05, 0) is 29.4 Å². The van der Waals surface area contributed by atoms with E-state index in [9.17, 15) is 0 Å². The highest BCUT2D eigenvalue weighted by Crippen LogP contribution is 2.25. The summed E-state index contributed by atoms with van der Waals surface area (Å²) in [6.07, 6.45) is 14.4. The van der Waals surface area contributed by atoms with Crippen LogP contribution < -0.4 is 0 Å². The van der Waals surface area contributed by atoms with Gasteiger partial charge in [-0.15, -0.1) is 6.42 Å². The first-order valence-electron chi connectivity index (χ1n) is 8.64. The van der Waals surface area contributed by atoms with Gasteiger partial charge >= 0.3 is 0 Å². The number of fused-ring (bicyclic) bond motifs is 1. The highest BCUT2D eigenvalue weighted by molar-refractivity contribution is 5.56. The van der Waals surface area contributed by atoms with E-state index in [4.69, 9.17) is 6.42 Å². The monoisotopic (exact) mass is 325 g/mol. The van der Waals surface area contributed by atoms with Gasteiger partial charge in [0, 0.05) is 5.57 Å². The number of hydrogen-bond acceptors (Lipinski definition) is 1. The Kier molecular flexibility index (Phi) is 4.23. The Morgan fingerprint density at radius 2 is 1.64 bits per heavy atom. The van der Waals surface area contributed by atoms with Crippen molar-refractivity contribution in [2.45, 2.75) is 25.2 Å². The smallest absolute Gasteiger partial charge is 0.235 e. The number of allylic oxidation sites excluding steroid dienone is 2. The molecule has 2 heteroatoms. The van der Waals surface area contributed by atoms with Crippen molar-refractivity contribution < 1.29 is 4.58 Å². The lowest BCUT2D eigenvalue weighted by atomic mass is 9.97. The third kappa shape index (κ3) is 3.27. The van der Waals surface area contributed by atoms with E-state index < -0.39 is 0 Å². The third-order valence-electron chi connectivity index (χ3n) is 4.82. The Bertz CT molecular complexity index is 869. The Balaban J connectivity index is 1.62. The molecular weight excluding hydrogens is 304 g/mol. The van der Waals surface area contributed by atoms with Gasteiger partial charge in [0.2, 0.25) is 6.34 Å². The predicted octanol–water partition coefficient (Wildman–Crippen LogP) is 3.61. The van der Waals surface area contributed by atoms with E-state index in [-0.39, 0.29) is 6.04 Å². The molecule has 2 atom stereocenters. The van der Waals surface area contributed by atoms with Gasteiger partial charge in [0.15, 0.2) is 12.1 Å². The number of rotatable bonds is 4. The molecule has 2 aliphatic rings. The fraction of sp³-hybridized carbons (Fsp3) is 0.174. The molecule has 2 nitrogen and oxygen atoms in total. The van der Waals surface area contributed by atoms with Crippen molar-refractivity contribution in [2.24, 2.45) is 0 Å². The SMILES string of the molecule is C#CC1=CC2C(C=C1)[N+](Cc1ccccc1)=CN2Cc1ccccc1. The van der Waals surface area contributed by atoms with Crippen LogP contribution in [0, 0.1) is 12.3 Å². The van der Waals surface area contributed by atoms with Crippen molar-refractivity contribution in [3.05, 3.63) is 95.6 Å². The van der Waals surface area contributed by atoms with Crippen molar-refractivity contribution in [3.8, 4) is 12.3 Å². The van der Waals surface area contributed by atoms with Gasteiger partial charge < -0.3 is 0 Å². The average molecular weight is 325 g/mol. The number of terminal acetylenes is 1. The summed E-state index contributed by atoms with van der Waals surface area (Å²) in [6.45, 7) is 1.78. The van der Waals surface area contributed by atoms with Crippen LogP contribution in [0.2, 0.25) is 0 Å². The topological polar surface area (TPSA) is 6.25 Å². The molecule has 1 heterocycles. The van der Waals surface area contributed by atoms with Gasteiger partial charge in [-0.25, -0.2) is 0 Å². The molecule has 0 fully saturated rings. The number of nitrogens with zero attached hydrogens (tertiary/aromatic N) is 2. The fourth-order valence-electron chi connectivity index (χ4n) is 3.57. The second-order valence-corrected chi connectivity index (χ2v) is 6.54. The zero-order valence-electron chi connectivity index (χ0n) is 14.1. The zero-order chi connectivity index (χ0) is 17.1. The van der Waals surface area contributed by atoms with E-state index in [1.807, 2.05) is 0 Å². The van der Waals surface area contributed by atoms with Crippen molar-refractivity contribution in [3.63, 3.8) is 0 Å². The van der Waals surface area contributed by atoms with Crippen LogP contribution in [0.15, 0.2) is 84.5 Å². The predicted molar refractivity (Wildman–Crippen MR) is 102 cm³/mol. The molecule has 0 saturated carbocycles. The minimum Gasteiger partial charge on any atom is -0.253 e. The maximum atomic E-state index is 5.63. The van der Waals surface area contributed by atoms with Crippen LogP contribution in [-0.2, 0) is 13.1 Å². The molecule has 1 aliphatic carbocycles. The van der Waals surface area contributed by atoms with E-state index in [0.29, 0.717) is 6.04 Å². The summed E-state index contributed by atoms with van der Waals surface area (Å²) in [5, 5.41) is 0. The van der Waals surface area contributed by atoms with Gasteiger partial charge in [-0.1, -0.05) is 66.6 Å². The summed E-state index contributed by atoms with van der Waals surface area (Å²) < 4.78 is 2.41. The van der Waals surface area contributed by atoms with Crippen LogP contribution in [0.5, 0.6) is 0 Å². The molecule has 2 unspecified atom stereocenters. The van der Waals surface area contributed by atoms with E-state index in [2.05, 4.69) is 101 Å². The summed E-state index contributed by atoms with van der Waals surface area (Å²) in [5.74, 6) is 2.78. The first kappa shape index (κ1) is 15.5. The van der Waals surface area contributed by atoms with E-state index in [0.717, 1.165) is 18.7 Å². The van der Waals surface area contributed by atoms with Crippen LogP contribution >= 0.6 is 0 Å². The summed E-state index contributed by atoms with van der Waals surface area (Å²) in [4.78, 5) is 2.39. The zero-order valence-corrected chi connectivity index (χ0v) is 14.1. The number of hydrogen-bond donors (Lipinski definition) is 0. The van der Waals surface area contributed by atoms with Gasteiger partial charge in [0.05, 0.1) is 0 Å². The van der Waals surface area contributed by atoms with Crippen LogP contribution in [-0.4, -0.2) is 27.9 Å². The lowest BCUT2D eigenvalue weighted by Gasteiger charge is -2.21. The second-order valence-electron chi connectivity index (χ2n) is 6.54. The lowest BCUT2D eigenvalue weighted by Crippen LogP contribution is -2.37. The fourth-order valence-corrected chi connectivity index (χ4v) is 3.57. The van der Waals surface area contributed by atoms with E-state index in [1.54, 1.807) is 0 Å². The molecule has 0 N–H and O–H groups in total. The van der Waals surface area contributed by atoms with Gasteiger partial charge in [0.25, 0.3) is 0 Å². The minimum atomic E-state index is 0.278. The Morgan fingerprint density at radius 3 is 2.32 bits per heavy atom. The lowest BCUT2D eigenvalue weighted by molar-refractivity contribution is -0.558. The molecule has 0 radical (unpaired) electrons. The van der Waals surface area contributed by atoms with Crippen LogP contribution in [0.1, 0.15) is 11.1 Å². The van der Waals surface area contributed by atoms with Gasteiger partial charge in [0.1, 0.15) is 13.1 Å². The van der Waals surface area contributed by atoms with Gasteiger partial charge in [-0.3, -0.25) is 9.48 Å². The van der Waals surface area contributed by atoms with E-state index in [1.165, 1.54) is 11.1 Å².